The molecule has 0 unspecified atom stereocenters. The second-order valence-electron chi connectivity index (χ2n) is 5.17. The van der Waals surface area contributed by atoms with E-state index < -0.39 is 11.8 Å². The molecule has 2 rings (SSSR count). The first kappa shape index (κ1) is 19.7. The smallest absolute Gasteiger partial charge is 0.329 e. The average molecular weight is 441 g/mol. The SMILES string of the molecule is COc1cc(/C=N/NC(=O)C(=O)Nc2ccc(C)c(Cl)c2)cc(Br)c1O. The van der Waals surface area contributed by atoms with Crippen molar-refractivity contribution in [1.29, 1.82) is 0 Å². The van der Waals surface area contributed by atoms with Crippen molar-refractivity contribution in [2.75, 3.05) is 12.4 Å². The molecule has 0 radical (unpaired) electrons. The quantitative estimate of drug-likeness (QED) is 0.386. The molecule has 0 bridgehead atoms. The van der Waals surface area contributed by atoms with Crippen LogP contribution in [0.15, 0.2) is 39.9 Å². The van der Waals surface area contributed by atoms with Gasteiger partial charge in [-0.2, -0.15) is 5.10 Å². The molecular formula is C17H15BrClN3O4. The van der Waals surface area contributed by atoms with E-state index in [1.807, 2.05) is 6.92 Å². The van der Waals surface area contributed by atoms with E-state index in [0.717, 1.165) is 5.56 Å². The number of carbonyl (C=O) groups is 2. The number of ether oxygens (including phenoxy) is 1. The summed E-state index contributed by atoms with van der Waals surface area (Å²) in [5, 5.41) is 16.4. The standard InChI is InChI=1S/C17H15BrClN3O4/c1-9-3-4-11(7-13(9)19)21-16(24)17(25)22-20-8-10-5-12(18)15(23)14(6-10)26-2/h3-8,23H,1-2H3,(H,21,24)(H,22,25)/b20-8+. The van der Waals surface area contributed by atoms with Crippen LogP contribution in [-0.2, 0) is 9.59 Å². The van der Waals surface area contributed by atoms with Gasteiger partial charge >= 0.3 is 11.8 Å². The predicted molar refractivity (Wildman–Crippen MR) is 103 cm³/mol. The number of hydrazone groups is 1. The highest BCUT2D eigenvalue weighted by Crippen LogP contribution is 2.34. The number of amides is 2. The molecule has 2 aromatic carbocycles. The minimum atomic E-state index is -0.942. The lowest BCUT2D eigenvalue weighted by Gasteiger charge is -2.07. The van der Waals surface area contributed by atoms with Gasteiger partial charge in [0, 0.05) is 10.7 Å². The molecular weight excluding hydrogens is 426 g/mol. The van der Waals surface area contributed by atoms with Crippen molar-refractivity contribution in [2.24, 2.45) is 5.10 Å². The van der Waals surface area contributed by atoms with Crippen LogP contribution in [0.5, 0.6) is 11.5 Å². The van der Waals surface area contributed by atoms with Gasteiger partial charge in [-0.25, -0.2) is 5.43 Å². The van der Waals surface area contributed by atoms with Crippen LogP contribution < -0.4 is 15.5 Å². The Balaban J connectivity index is 1.99. The third kappa shape index (κ3) is 4.96. The number of methoxy groups -OCH3 is 1. The van der Waals surface area contributed by atoms with E-state index in [2.05, 4.69) is 31.8 Å². The monoisotopic (exact) mass is 439 g/mol. The van der Waals surface area contributed by atoms with Crippen molar-refractivity contribution in [1.82, 2.24) is 5.43 Å². The number of hydrogen-bond acceptors (Lipinski definition) is 5. The maximum absolute atomic E-state index is 11.8. The number of hydrogen-bond donors (Lipinski definition) is 3. The van der Waals surface area contributed by atoms with Gasteiger partial charge in [-0.05, 0) is 58.2 Å². The molecule has 3 N–H and O–H groups in total. The molecule has 26 heavy (non-hydrogen) atoms. The Morgan fingerprint density at radius 2 is 2.00 bits per heavy atom. The summed E-state index contributed by atoms with van der Waals surface area (Å²) in [4.78, 5) is 23.6. The minimum Gasteiger partial charge on any atom is -0.503 e. The lowest BCUT2D eigenvalue weighted by Crippen LogP contribution is -2.32. The van der Waals surface area contributed by atoms with Crippen LogP contribution in [0.1, 0.15) is 11.1 Å². The Hall–Kier alpha value is -2.58. The first-order valence-corrected chi connectivity index (χ1v) is 8.46. The van der Waals surface area contributed by atoms with Crippen LogP contribution >= 0.6 is 27.5 Å². The molecule has 2 aromatic rings. The van der Waals surface area contributed by atoms with Crippen molar-refractivity contribution in [3.63, 3.8) is 0 Å². The van der Waals surface area contributed by atoms with Crippen molar-refractivity contribution in [3.05, 3.63) is 51.0 Å². The van der Waals surface area contributed by atoms with Crippen molar-refractivity contribution < 1.29 is 19.4 Å². The van der Waals surface area contributed by atoms with Gasteiger partial charge in [-0.1, -0.05) is 17.7 Å². The van der Waals surface area contributed by atoms with Gasteiger partial charge < -0.3 is 15.2 Å². The fourth-order valence-electron chi connectivity index (χ4n) is 1.90. The number of aryl methyl sites for hydroxylation is 1. The van der Waals surface area contributed by atoms with E-state index in [1.165, 1.54) is 19.4 Å². The molecule has 0 saturated heterocycles. The first-order chi connectivity index (χ1) is 12.3. The summed E-state index contributed by atoms with van der Waals surface area (Å²) in [6.07, 6.45) is 1.31. The van der Waals surface area contributed by atoms with Crippen LogP contribution in [0.25, 0.3) is 0 Å². The highest BCUT2D eigenvalue weighted by atomic mass is 79.9. The summed E-state index contributed by atoms with van der Waals surface area (Å²) in [7, 11) is 1.41. The average Bonchev–Trinajstić information content (AvgIpc) is 2.60. The lowest BCUT2D eigenvalue weighted by molar-refractivity contribution is -0.136. The molecule has 0 atom stereocenters. The summed E-state index contributed by atoms with van der Waals surface area (Å²) in [6, 6.07) is 8.00. The van der Waals surface area contributed by atoms with Crippen molar-refractivity contribution >= 4 is 51.2 Å². The molecule has 0 aromatic heterocycles. The molecule has 9 heteroatoms. The number of benzene rings is 2. The predicted octanol–water partition coefficient (Wildman–Crippen LogP) is 3.21. The first-order valence-electron chi connectivity index (χ1n) is 7.29. The summed E-state index contributed by atoms with van der Waals surface area (Å²) in [5.41, 5.74) is 3.91. The number of halogens is 2. The molecule has 0 aliphatic rings. The number of rotatable bonds is 4. The third-order valence-electron chi connectivity index (χ3n) is 3.29. The van der Waals surface area contributed by atoms with Crippen LogP contribution in [0.2, 0.25) is 5.02 Å². The third-order valence-corrected chi connectivity index (χ3v) is 4.30. The number of phenols is 1. The van der Waals surface area contributed by atoms with Gasteiger partial charge in [0.2, 0.25) is 0 Å². The number of aromatic hydroxyl groups is 1. The summed E-state index contributed by atoms with van der Waals surface area (Å²) in [6.45, 7) is 1.83. The van der Waals surface area contributed by atoms with Gasteiger partial charge in [0.1, 0.15) is 0 Å². The number of nitrogens with zero attached hydrogens (tertiary/aromatic N) is 1. The summed E-state index contributed by atoms with van der Waals surface area (Å²) in [5.74, 6) is -1.64. The molecule has 7 nitrogen and oxygen atoms in total. The zero-order valence-electron chi connectivity index (χ0n) is 13.8. The van der Waals surface area contributed by atoms with E-state index in [1.54, 1.807) is 24.3 Å². The second kappa shape index (κ2) is 8.68. The maximum atomic E-state index is 11.8. The highest BCUT2D eigenvalue weighted by molar-refractivity contribution is 9.10. The topological polar surface area (TPSA) is 100 Å². The Bertz CT molecular complexity index is 887. The van der Waals surface area contributed by atoms with Crippen molar-refractivity contribution in [3.8, 4) is 11.5 Å². The Labute approximate surface area is 163 Å². The van der Waals surface area contributed by atoms with E-state index in [-0.39, 0.29) is 11.5 Å². The molecule has 0 spiro atoms. The van der Waals surface area contributed by atoms with Gasteiger partial charge in [-0.15, -0.1) is 0 Å². The molecule has 0 saturated carbocycles. The zero-order chi connectivity index (χ0) is 19.3. The largest absolute Gasteiger partial charge is 0.503 e. The Kier molecular flexibility index (Phi) is 6.59. The second-order valence-corrected chi connectivity index (χ2v) is 6.43. The number of carbonyl (C=O) groups excluding carboxylic acids is 2. The van der Waals surface area contributed by atoms with Crippen LogP contribution in [0.4, 0.5) is 5.69 Å². The van der Waals surface area contributed by atoms with Gasteiger partial charge in [-0.3, -0.25) is 9.59 Å². The van der Waals surface area contributed by atoms with E-state index in [4.69, 9.17) is 16.3 Å². The van der Waals surface area contributed by atoms with Crippen molar-refractivity contribution in [2.45, 2.75) is 6.92 Å². The van der Waals surface area contributed by atoms with Crippen LogP contribution in [-0.4, -0.2) is 30.2 Å². The zero-order valence-corrected chi connectivity index (χ0v) is 16.2. The normalized spacial score (nSPS) is 10.6. The molecule has 0 aliphatic carbocycles. The molecule has 0 fully saturated rings. The maximum Gasteiger partial charge on any atom is 0.329 e. The number of nitrogens with one attached hydrogen (secondary N) is 2. The van der Waals surface area contributed by atoms with E-state index in [9.17, 15) is 14.7 Å². The summed E-state index contributed by atoms with van der Waals surface area (Å²) < 4.78 is 5.41. The summed E-state index contributed by atoms with van der Waals surface area (Å²) >= 11 is 9.15. The highest BCUT2D eigenvalue weighted by Gasteiger charge is 2.13. The van der Waals surface area contributed by atoms with Crippen LogP contribution in [0.3, 0.4) is 0 Å². The fourth-order valence-corrected chi connectivity index (χ4v) is 2.54. The van der Waals surface area contributed by atoms with Gasteiger partial charge in [0.05, 0.1) is 17.8 Å². The lowest BCUT2D eigenvalue weighted by atomic mass is 10.2. The number of phenolic OH excluding ortho intramolecular Hbond substituents is 1. The molecule has 0 aliphatic heterocycles. The minimum absolute atomic E-state index is 0.0511. The molecule has 2 amide bonds. The van der Waals surface area contributed by atoms with E-state index in [0.29, 0.717) is 20.7 Å². The van der Waals surface area contributed by atoms with E-state index >= 15 is 0 Å². The number of anilines is 1. The van der Waals surface area contributed by atoms with Crippen LogP contribution in [0, 0.1) is 6.92 Å². The fraction of sp³-hybridized carbons (Fsp3) is 0.118. The van der Waals surface area contributed by atoms with Gasteiger partial charge in [0.25, 0.3) is 0 Å². The Morgan fingerprint density at radius 1 is 1.27 bits per heavy atom. The molecule has 0 heterocycles. The molecule has 136 valence electrons. The van der Waals surface area contributed by atoms with Gasteiger partial charge in [0.15, 0.2) is 11.5 Å². The Morgan fingerprint density at radius 3 is 2.65 bits per heavy atom.